The van der Waals surface area contributed by atoms with Crippen LogP contribution in [0.3, 0.4) is 0 Å². The quantitative estimate of drug-likeness (QED) is 0.765. The average Bonchev–Trinajstić information content (AvgIpc) is 2.46. The second-order valence-corrected chi connectivity index (χ2v) is 6.01. The van der Waals surface area contributed by atoms with E-state index in [-0.39, 0.29) is 0 Å². The van der Waals surface area contributed by atoms with Gasteiger partial charge in [0.25, 0.3) is 0 Å². The molecule has 0 aliphatic carbocycles. The Kier molecular flexibility index (Phi) is 3.32. The lowest BCUT2D eigenvalue weighted by molar-refractivity contribution is 0.607. The summed E-state index contributed by atoms with van der Waals surface area (Å²) in [6, 6.07) is 18.3. The van der Waals surface area contributed by atoms with E-state index in [1.54, 1.807) is 0 Å². The van der Waals surface area contributed by atoms with Crippen LogP contribution in [0.2, 0.25) is 0 Å². The van der Waals surface area contributed by atoms with Crippen molar-refractivity contribution in [3.05, 3.63) is 76.4 Å². The summed E-state index contributed by atoms with van der Waals surface area (Å²) in [4.78, 5) is 4.50. The molecule has 20 heavy (non-hydrogen) atoms. The molecular formula is C17H15BrN2. The van der Waals surface area contributed by atoms with Gasteiger partial charge >= 0.3 is 0 Å². The highest BCUT2D eigenvalue weighted by Gasteiger charge is 2.26. The van der Waals surface area contributed by atoms with Crippen LogP contribution in [0.15, 0.2) is 65.3 Å². The first kappa shape index (κ1) is 13.3. The van der Waals surface area contributed by atoms with Crippen molar-refractivity contribution in [3.8, 4) is 0 Å². The van der Waals surface area contributed by atoms with E-state index in [0.717, 1.165) is 26.5 Å². The minimum atomic E-state index is -0.586. The number of nitrogens with zero attached hydrogens (tertiary/aromatic N) is 1. The zero-order valence-electron chi connectivity index (χ0n) is 11.2. The molecule has 1 atom stereocenters. The predicted molar refractivity (Wildman–Crippen MR) is 86.5 cm³/mol. The summed E-state index contributed by atoms with van der Waals surface area (Å²) in [5.41, 5.74) is 9.10. The van der Waals surface area contributed by atoms with Crippen molar-refractivity contribution in [2.45, 2.75) is 12.5 Å². The number of hydrogen-bond acceptors (Lipinski definition) is 2. The molecule has 0 aliphatic rings. The molecule has 0 amide bonds. The van der Waals surface area contributed by atoms with Gasteiger partial charge in [0.1, 0.15) is 0 Å². The summed E-state index contributed by atoms with van der Waals surface area (Å²) in [6.45, 7) is 2.03. The van der Waals surface area contributed by atoms with Crippen molar-refractivity contribution < 1.29 is 0 Å². The van der Waals surface area contributed by atoms with E-state index in [4.69, 9.17) is 5.73 Å². The second kappa shape index (κ2) is 5.00. The molecule has 3 aromatic rings. The Morgan fingerprint density at radius 3 is 2.60 bits per heavy atom. The van der Waals surface area contributed by atoms with Gasteiger partial charge in [-0.25, -0.2) is 0 Å². The van der Waals surface area contributed by atoms with Gasteiger partial charge in [0.2, 0.25) is 0 Å². The first-order valence-corrected chi connectivity index (χ1v) is 7.27. The van der Waals surface area contributed by atoms with Crippen molar-refractivity contribution in [2.24, 2.45) is 5.73 Å². The van der Waals surface area contributed by atoms with Gasteiger partial charge in [-0.3, -0.25) is 4.98 Å². The summed E-state index contributed by atoms with van der Waals surface area (Å²) in [5.74, 6) is 0. The molecule has 0 radical (unpaired) electrons. The minimum absolute atomic E-state index is 0.586. The van der Waals surface area contributed by atoms with E-state index < -0.39 is 5.54 Å². The Bertz CT molecular complexity index is 760. The van der Waals surface area contributed by atoms with Crippen LogP contribution in [-0.2, 0) is 5.54 Å². The molecule has 2 nitrogen and oxygen atoms in total. The highest BCUT2D eigenvalue weighted by molar-refractivity contribution is 9.10. The highest BCUT2D eigenvalue weighted by atomic mass is 79.9. The van der Waals surface area contributed by atoms with Crippen molar-refractivity contribution in [1.29, 1.82) is 0 Å². The van der Waals surface area contributed by atoms with Gasteiger partial charge in [0, 0.05) is 21.6 Å². The van der Waals surface area contributed by atoms with Gasteiger partial charge in [-0.1, -0.05) is 52.3 Å². The number of pyridine rings is 1. The second-order valence-electron chi connectivity index (χ2n) is 5.09. The Labute approximate surface area is 126 Å². The molecule has 0 spiro atoms. The fourth-order valence-electron chi connectivity index (χ4n) is 2.49. The average molecular weight is 327 g/mol. The summed E-state index contributed by atoms with van der Waals surface area (Å²) in [7, 11) is 0. The van der Waals surface area contributed by atoms with Crippen LogP contribution < -0.4 is 5.73 Å². The SMILES string of the molecule is CC(N)(c1cccc(Br)c1)c1cccc2cccnc12. The summed E-state index contributed by atoms with van der Waals surface area (Å²) >= 11 is 3.51. The molecule has 2 N–H and O–H groups in total. The Hall–Kier alpha value is -1.71. The van der Waals surface area contributed by atoms with Gasteiger partial charge in [-0.05, 0) is 30.7 Å². The first-order chi connectivity index (χ1) is 9.59. The number of fused-ring (bicyclic) bond motifs is 1. The van der Waals surface area contributed by atoms with Crippen molar-refractivity contribution >= 4 is 26.8 Å². The number of benzene rings is 2. The van der Waals surface area contributed by atoms with Crippen molar-refractivity contribution in [3.63, 3.8) is 0 Å². The molecule has 1 heterocycles. The van der Waals surface area contributed by atoms with Crippen molar-refractivity contribution in [2.75, 3.05) is 0 Å². The molecule has 0 aliphatic heterocycles. The number of rotatable bonds is 2. The standard InChI is InChI=1S/C17H15BrN2/c1-17(19,13-7-3-8-14(18)11-13)15-9-2-5-12-6-4-10-20-16(12)15/h2-11H,19H2,1H3. The molecule has 3 rings (SSSR count). The zero-order valence-corrected chi connectivity index (χ0v) is 12.8. The van der Waals surface area contributed by atoms with E-state index in [9.17, 15) is 0 Å². The lowest BCUT2D eigenvalue weighted by atomic mass is 9.84. The van der Waals surface area contributed by atoms with Crippen LogP contribution in [0.1, 0.15) is 18.1 Å². The smallest absolute Gasteiger partial charge is 0.0755 e. The van der Waals surface area contributed by atoms with Crippen LogP contribution in [0.25, 0.3) is 10.9 Å². The number of halogens is 1. The van der Waals surface area contributed by atoms with Gasteiger partial charge in [0.15, 0.2) is 0 Å². The predicted octanol–water partition coefficient (Wildman–Crippen LogP) is 4.22. The molecular weight excluding hydrogens is 312 g/mol. The van der Waals surface area contributed by atoms with E-state index in [1.165, 1.54) is 0 Å². The fourth-order valence-corrected chi connectivity index (χ4v) is 2.89. The van der Waals surface area contributed by atoms with E-state index in [1.807, 2.05) is 43.5 Å². The summed E-state index contributed by atoms with van der Waals surface area (Å²) in [6.07, 6.45) is 1.81. The Morgan fingerprint density at radius 1 is 1.05 bits per heavy atom. The third-order valence-corrected chi connectivity index (χ3v) is 4.11. The van der Waals surface area contributed by atoms with E-state index in [2.05, 4.69) is 45.2 Å². The molecule has 100 valence electrons. The molecule has 2 aromatic carbocycles. The van der Waals surface area contributed by atoms with Crippen molar-refractivity contribution in [1.82, 2.24) is 4.98 Å². The minimum Gasteiger partial charge on any atom is -0.318 e. The van der Waals surface area contributed by atoms with Gasteiger partial charge in [-0.2, -0.15) is 0 Å². The van der Waals surface area contributed by atoms with Gasteiger partial charge in [-0.15, -0.1) is 0 Å². The maximum absolute atomic E-state index is 6.63. The van der Waals surface area contributed by atoms with Crippen LogP contribution in [0, 0.1) is 0 Å². The molecule has 0 saturated heterocycles. The number of para-hydroxylation sites is 1. The largest absolute Gasteiger partial charge is 0.318 e. The number of hydrogen-bond donors (Lipinski definition) is 1. The Balaban J connectivity index is 2.23. The molecule has 1 unspecified atom stereocenters. The van der Waals surface area contributed by atoms with Gasteiger partial charge < -0.3 is 5.73 Å². The summed E-state index contributed by atoms with van der Waals surface area (Å²) < 4.78 is 1.03. The first-order valence-electron chi connectivity index (χ1n) is 6.48. The number of nitrogens with two attached hydrogens (primary N) is 1. The topological polar surface area (TPSA) is 38.9 Å². The normalized spacial score (nSPS) is 14.2. The van der Waals surface area contributed by atoms with Gasteiger partial charge in [0.05, 0.1) is 11.1 Å². The summed E-state index contributed by atoms with van der Waals surface area (Å²) in [5, 5.41) is 1.11. The maximum atomic E-state index is 6.63. The lowest BCUT2D eigenvalue weighted by Gasteiger charge is -2.27. The molecule has 1 aromatic heterocycles. The van der Waals surface area contributed by atoms with Crippen LogP contribution in [-0.4, -0.2) is 4.98 Å². The van der Waals surface area contributed by atoms with E-state index >= 15 is 0 Å². The lowest BCUT2D eigenvalue weighted by Crippen LogP contribution is -2.34. The molecule has 3 heteroatoms. The monoisotopic (exact) mass is 326 g/mol. The molecule has 0 saturated carbocycles. The molecule has 0 fully saturated rings. The van der Waals surface area contributed by atoms with Crippen LogP contribution >= 0.6 is 15.9 Å². The van der Waals surface area contributed by atoms with Crippen LogP contribution in [0.5, 0.6) is 0 Å². The maximum Gasteiger partial charge on any atom is 0.0755 e. The van der Waals surface area contributed by atoms with Crippen LogP contribution in [0.4, 0.5) is 0 Å². The molecule has 0 bridgehead atoms. The number of aromatic nitrogens is 1. The zero-order chi connectivity index (χ0) is 14.2. The highest BCUT2D eigenvalue weighted by Crippen LogP contribution is 2.32. The third-order valence-electron chi connectivity index (χ3n) is 3.62. The van der Waals surface area contributed by atoms with E-state index in [0.29, 0.717) is 0 Å². The Morgan fingerprint density at radius 2 is 1.80 bits per heavy atom. The third kappa shape index (κ3) is 2.23. The fraction of sp³-hybridized carbons (Fsp3) is 0.118.